The SMILES string of the molecule is Brc1ccc(CNCCN2CCCC2)cc1. The zero-order chi connectivity index (χ0) is 11.2. The lowest BCUT2D eigenvalue weighted by atomic mass is 10.2. The van der Waals surface area contributed by atoms with Crippen LogP contribution in [-0.2, 0) is 6.54 Å². The highest BCUT2D eigenvalue weighted by Gasteiger charge is 2.09. The topological polar surface area (TPSA) is 15.3 Å². The van der Waals surface area contributed by atoms with Crippen LogP contribution in [0.5, 0.6) is 0 Å². The van der Waals surface area contributed by atoms with Gasteiger partial charge in [-0.1, -0.05) is 28.1 Å². The molecule has 0 bridgehead atoms. The van der Waals surface area contributed by atoms with Gasteiger partial charge in [-0.25, -0.2) is 0 Å². The van der Waals surface area contributed by atoms with Gasteiger partial charge >= 0.3 is 0 Å². The summed E-state index contributed by atoms with van der Waals surface area (Å²) in [7, 11) is 0. The smallest absolute Gasteiger partial charge is 0.0206 e. The third-order valence-electron chi connectivity index (χ3n) is 3.05. The Morgan fingerprint density at radius 2 is 1.81 bits per heavy atom. The highest BCUT2D eigenvalue weighted by Crippen LogP contribution is 2.10. The molecule has 88 valence electrons. The first-order valence-corrected chi connectivity index (χ1v) is 6.81. The maximum atomic E-state index is 3.49. The predicted octanol–water partition coefficient (Wildman–Crippen LogP) is 2.63. The number of nitrogens with zero attached hydrogens (tertiary/aromatic N) is 1. The van der Waals surface area contributed by atoms with Gasteiger partial charge < -0.3 is 10.2 Å². The fraction of sp³-hybridized carbons (Fsp3) is 0.538. The van der Waals surface area contributed by atoms with Gasteiger partial charge in [-0.15, -0.1) is 0 Å². The summed E-state index contributed by atoms with van der Waals surface area (Å²) < 4.78 is 1.15. The minimum atomic E-state index is 0.973. The minimum absolute atomic E-state index is 0.973. The molecule has 0 radical (unpaired) electrons. The van der Waals surface area contributed by atoms with Crippen molar-refractivity contribution in [3.05, 3.63) is 34.3 Å². The maximum absolute atomic E-state index is 3.49. The van der Waals surface area contributed by atoms with Crippen LogP contribution in [0.4, 0.5) is 0 Å². The van der Waals surface area contributed by atoms with Crippen molar-refractivity contribution in [2.75, 3.05) is 26.2 Å². The fourth-order valence-corrected chi connectivity index (χ4v) is 2.34. The second-order valence-electron chi connectivity index (χ2n) is 4.35. The van der Waals surface area contributed by atoms with Crippen LogP contribution in [0, 0.1) is 0 Å². The molecule has 1 N–H and O–H groups in total. The first-order chi connectivity index (χ1) is 7.84. The molecule has 3 heteroatoms. The standard InChI is InChI=1S/C13H19BrN2/c14-13-5-3-12(4-6-13)11-15-7-10-16-8-1-2-9-16/h3-6,15H,1-2,7-11H2. The third kappa shape index (κ3) is 3.89. The van der Waals surface area contributed by atoms with Gasteiger partial charge in [0.05, 0.1) is 0 Å². The molecule has 2 nitrogen and oxygen atoms in total. The third-order valence-corrected chi connectivity index (χ3v) is 3.57. The summed E-state index contributed by atoms with van der Waals surface area (Å²) in [5.74, 6) is 0. The Hall–Kier alpha value is -0.380. The lowest BCUT2D eigenvalue weighted by Gasteiger charge is -2.14. The summed E-state index contributed by atoms with van der Waals surface area (Å²) in [6, 6.07) is 8.51. The molecule has 1 aliphatic heterocycles. The van der Waals surface area contributed by atoms with Crippen molar-refractivity contribution >= 4 is 15.9 Å². The van der Waals surface area contributed by atoms with Crippen LogP contribution in [0.3, 0.4) is 0 Å². The quantitative estimate of drug-likeness (QED) is 0.836. The maximum Gasteiger partial charge on any atom is 0.0206 e. The molecule has 0 amide bonds. The molecule has 0 atom stereocenters. The monoisotopic (exact) mass is 282 g/mol. The number of halogens is 1. The normalized spacial score (nSPS) is 16.8. The average Bonchev–Trinajstić information content (AvgIpc) is 2.80. The van der Waals surface area contributed by atoms with Crippen LogP contribution in [0.2, 0.25) is 0 Å². The zero-order valence-electron chi connectivity index (χ0n) is 9.58. The van der Waals surface area contributed by atoms with E-state index in [1.807, 2.05) is 0 Å². The predicted molar refractivity (Wildman–Crippen MR) is 71.5 cm³/mol. The molecule has 0 spiro atoms. The number of nitrogens with one attached hydrogen (secondary N) is 1. The summed E-state index contributed by atoms with van der Waals surface area (Å²) in [6.45, 7) is 5.84. The molecule has 1 aromatic rings. The Balaban J connectivity index is 1.62. The summed E-state index contributed by atoms with van der Waals surface area (Å²) in [4.78, 5) is 2.54. The van der Waals surface area contributed by atoms with Gasteiger partial charge in [0.15, 0.2) is 0 Å². The van der Waals surface area contributed by atoms with E-state index in [0.717, 1.165) is 17.6 Å². The molecular formula is C13H19BrN2. The Labute approximate surface area is 106 Å². The molecule has 1 aromatic carbocycles. The molecule has 1 saturated heterocycles. The summed E-state index contributed by atoms with van der Waals surface area (Å²) in [5, 5.41) is 3.49. The lowest BCUT2D eigenvalue weighted by molar-refractivity contribution is 0.335. The van der Waals surface area contributed by atoms with E-state index in [9.17, 15) is 0 Å². The van der Waals surface area contributed by atoms with Crippen molar-refractivity contribution in [1.29, 1.82) is 0 Å². The van der Waals surface area contributed by atoms with Crippen molar-refractivity contribution in [1.82, 2.24) is 10.2 Å². The van der Waals surface area contributed by atoms with E-state index in [2.05, 4.69) is 50.4 Å². The highest BCUT2D eigenvalue weighted by molar-refractivity contribution is 9.10. The first-order valence-electron chi connectivity index (χ1n) is 6.02. The van der Waals surface area contributed by atoms with E-state index >= 15 is 0 Å². The van der Waals surface area contributed by atoms with E-state index < -0.39 is 0 Å². The number of rotatable bonds is 5. The zero-order valence-corrected chi connectivity index (χ0v) is 11.2. The van der Waals surface area contributed by atoms with Crippen molar-refractivity contribution in [3.63, 3.8) is 0 Å². The molecule has 1 heterocycles. The second kappa shape index (κ2) is 6.38. The summed E-state index contributed by atoms with van der Waals surface area (Å²) in [6.07, 6.45) is 2.76. The molecule has 16 heavy (non-hydrogen) atoms. The Bertz CT molecular complexity index is 304. The number of hydrogen-bond donors (Lipinski definition) is 1. The van der Waals surface area contributed by atoms with Crippen LogP contribution in [-0.4, -0.2) is 31.1 Å². The molecule has 0 aliphatic carbocycles. The summed E-state index contributed by atoms with van der Waals surface area (Å²) >= 11 is 3.44. The van der Waals surface area contributed by atoms with Crippen molar-refractivity contribution < 1.29 is 0 Å². The Kier molecular flexibility index (Phi) is 4.82. The molecule has 0 saturated carbocycles. The van der Waals surface area contributed by atoms with E-state index in [0.29, 0.717) is 0 Å². The van der Waals surface area contributed by atoms with E-state index in [-0.39, 0.29) is 0 Å². The van der Waals surface area contributed by atoms with Gasteiger partial charge in [0, 0.05) is 24.1 Å². The molecule has 0 aromatic heterocycles. The largest absolute Gasteiger partial charge is 0.311 e. The number of benzene rings is 1. The van der Waals surface area contributed by atoms with E-state index in [1.54, 1.807) is 0 Å². The minimum Gasteiger partial charge on any atom is -0.311 e. The Morgan fingerprint density at radius 3 is 2.50 bits per heavy atom. The van der Waals surface area contributed by atoms with Crippen molar-refractivity contribution in [2.45, 2.75) is 19.4 Å². The van der Waals surface area contributed by atoms with E-state index in [1.165, 1.54) is 38.0 Å². The number of hydrogen-bond acceptors (Lipinski definition) is 2. The number of likely N-dealkylation sites (tertiary alicyclic amines) is 1. The molecule has 2 rings (SSSR count). The average molecular weight is 283 g/mol. The van der Waals surface area contributed by atoms with Crippen molar-refractivity contribution in [2.24, 2.45) is 0 Å². The van der Waals surface area contributed by atoms with Gasteiger partial charge in [0.2, 0.25) is 0 Å². The van der Waals surface area contributed by atoms with Crippen LogP contribution in [0.15, 0.2) is 28.7 Å². The van der Waals surface area contributed by atoms with Crippen LogP contribution in [0.1, 0.15) is 18.4 Å². The molecular weight excluding hydrogens is 264 g/mol. The first kappa shape index (κ1) is 12.1. The second-order valence-corrected chi connectivity index (χ2v) is 5.27. The van der Waals surface area contributed by atoms with E-state index in [4.69, 9.17) is 0 Å². The molecule has 1 fully saturated rings. The van der Waals surface area contributed by atoms with Gasteiger partial charge in [0.25, 0.3) is 0 Å². The Morgan fingerprint density at radius 1 is 1.12 bits per heavy atom. The van der Waals surface area contributed by atoms with Gasteiger partial charge in [0.1, 0.15) is 0 Å². The highest BCUT2D eigenvalue weighted by atomic mass is 79.9. The van der Waals surface area contributed by atoms with Crippen LogP contribution in [0.25, 0.3) is 0 Å². The van der Waals surface area contributed by atoms with Gasteiger partial charge in [-0.05, 0) is 43.6 Å². The molecule has 0 unspecified atom stereocenters. The van der Waals surface area contributed by atoms with Crippen molar-refractivity contribution in [3.8, 4) is 0 Å². The molecule has 1 aliphatic rings. The fourth-order valence-electron chi connectivity index (χ4n) is 2.08. The summed E-state index contributed by atoms with van der Waals surface area (Å²) in [5.41, 5.74) is 1.35. The van der Waals surface area contributed by atoms with Crippen LogP contribution < -0.4 is 5.32 Å². The van der Waals surface area contributed by atoms with Crippen LogP contribution >= 0.6 is 15.9 Å². The lowest BCUT2D eigenvalue weighted by Crippen LogP contribution is -2.29. The van der Waals surface area contributed by atoms with Gasteiger partial charge in [-0.3, -0.25) is 0 Å². The van der Waals surface area contributed by atoms with Gasteiger partial charge in [-0.2, -0.15) is 0 Å².